The zero-order valence-electron chi connectivity index (χ0n) is 9.38. The van der Waals surface area contributed by atoms with Gasteiger partial charge in [0.25, 0.3) is 0 Å². The SMILES string of the molecule is O=C(O)C1NCCNCC#CCSC1C(F)(F)F. The van der Waals surface area contributed by atoms with Gasteiger partial charge in [-0.15, -0.1) is 11.8 Å². The number of nitrogens with one attached hydrogen (secondary N) is 2. The third-order valence-corrected chi connectivity index (χ3v) is 3.44. The van der Waals surface area contributed by atoms with Gasteiger partial charge in [-0.05, 0) is 0 Å². The second kappa shape index (κ2) is 6.87. The molecule has 0 saturated carbocycles. The van der Waals surface area contributed by atoms with E-state index in [0.29, 0.717) is 24.9 Å². The van der Waals surface area contributed by atoms with Crippen LogP contribution in [-0.4, -0.2) is 53.9 Å². The maximum Gasteiger partial charge on any atom is 0.402 e. The summed E-state index contributed by atoms with van der Waals surface area (Å²) in [7, 11) is 0. The van der Waals surface area contributed by atoms with Crippen LogP contribution in [0.25, 0.3) is 0 Å². The molecule has 0 amide bonds. The van der Waals surface area contributed by atoms with E-state index in [2.05, 4.69) is 22.5 Å². The summed E-state index contributed by atoms with van der Waals surface area (Å²) in [5.41, 5.74) is 0. The van der Waals surface area contributed by atoms with Crippen molar-refractivity contribution in [3.63, 3.8) is 0 Å². The predicted molar refractivity (Wildman–Crippen MR) is 62.4 cm³/mol. The molecule has 4 nitrogen and oxygen atoms in total. The van der Waals surface area contributed by atoms with E-state index >= 15 is 0 Å². The molecule has 0 aromatic carbocycles. The fourth-order valence-electron chi connectivity index (χ4n) is 1.42. The van der Waals surface area contributed by atoms with Crippen LogP contribution >= 0.6 is 11.8 Å². The zero-order valence-corrected chi connectivity index (χ0v) is 10.2. The van der Waals surface area contributed by atoms with Crippen LogP contribution in [0.2, 0.25) is 0 Å². The summed E-state index contributed by atoms with van der Waals surface area (Å²) in [4.78, 5) is 10.9. The van der Waals surface area contributed by atoms with Crippen LogP contribution in [0.15, 0.2) is 0 Å². The highest BCUT2D eigenvalue weighted by atomic mass is 32.2. The van der Waals surface area contributed by atoms with Crippen LogP contribution in [0.1, 0.15) is 0 Å². The average molecular weight is 282 g/mol. The smallest absolute Gasteiger partial charge is 0.402 e. The van der Waals surface area contributed by atoms with Crippen molar-refractivity contribution in [1.29, 1.82) is 0 Å². The van der Waals surface area contributed by atoms with Gasteiger partial charge in [-0.1, -0.05) is 11.8 Å². The molecule has 0 aromatic heterocycles. The maximum absolute atomic E-state index is 12.8. The Balaban J connectivity index is 2.85. The van der Waals surface area contributed by atoms with E-state index in [0.717, 1.165) is 0 Å². The van der Waals surface area contributed by atoms with Gasteiger partial charge < -0.3 is 15.7 Å². The Kier molecular flexibility index (Phi) is 5.78. The lowest BCUT2D eigenvalue weighted by Gasteiger charge is -2.25. The molecule has 0 spiro atoms. The highest BCUT2D eigenvalue weighted by molar-refractivity contribution is 8.00. The van der Waals surface area contributed by atoms with Crippen LogP contribution in [0.3, 0.4) is 0 Å². The van der Waals surface area contributed by atoms with E-state index in [1.165, 1.54) is 0 Å². The minimum atomic E-state index is -4.58. The summed E-state index contributed by atoms with van der Waals surface area (Å²) in [6.07, 6.45) is -4.58. The first-order valence-electron chi connectivity index (χ1n) is 5.24. The first kappa shape index (κ1) is 15.1. The standard InChI is InChI=1S/C10H13F3N2O2S/c11-10(12,13)8-7(9(16)17)15-5-4-14-3-1-2-6-18-8/h7-8,14-15H,3-6H2,(H,16,17). The van der Waals surface area contributed by atoms with Crippen LogP contribution in [-0.2, 0) is 4.79 Å². The molecule has 1 aliphatic heterocycles. The summed E-state index contributed by atoms with van der Waals surface area (Å²) in [5.74, 6) is 3.70. The largest absolute Gasteiger partial charge is 0.480 e. The Labute approximate surface area is 107 Å². The molecule has 2 unspecified atom stereocenters. The molecule has 3 N–H and O–H groups in total. The summed E-state index contributed by atoms with van der Waals surface area (Å²) in [6, 6.07) is -1.66. The second-order valence-corrected chi connectivity index (χ2v) is 4.70. The Morgan fingerprint density at radius 1 is 1.33 bits per heavy atom. The maximum atomic E-state index is 12.8. The van der Waals surface area contributed by atoms with Crippen LogP contribution in [0.4, 0.5) is 13.2 Å². The molecule has 1 aliphatic rings. The molecule has 18 heavy (non-hydrogen) atoms. The van der Waals surface area contributed by atoms with Crippen molar-refractivity contribution in [2.45, 2.75) is 17.5 Å². The summed E-state index contributed by atoms with van der Waals surface area (Å²) >= 11 is 0.503. The van der Waals surface area contributed by atoms with Crippen LogP contribution < -0.4 is 10.6 Å². The van der Waals surface area contributed by atoms with E-state index in [1.807, 2.05) is 0 Å². The highest BCUT2D eigenvalue weighted by Gasteiger charge is 2.47. The fraction of sp³-hybridized carbons (Fsp3) is 0.700. The minimum absolute atomic E-state index is 0.0443. The van der Waals surface area contributed by atoms with Gasteiger partial charge in [-0.25, -0.2) is 0 Å². The number of carboxylic acids is 1. The van der Waals surface area contributed by atoms with Crippen LogP contribution in [0, 0.1) is 11.8 Å². The predicted octanol–water partition coefficient (Wildman–Crippen LogP) is 0.300. The molecule has 1 heterocycles. The molecular formula is C10H13F3N2O2S. The first-order valence-corrected chi connectivity index (χ1v) is 6.28. The molecule has 1 rings (SSSR count). The second-order valence-electron chi connectivity index (χ2n) is 3.57. The van der Waals surface area contributed by atoms with E-state index in [-0.39, 0.29) is 12.3 Å². The Bertz CT molecular complexity index is 351. The number of hydrogen-bond donors (Lipinski definition) is 3. The molecular weight excluding hydrogens is 269 g/mol. The number of thioether (sulfide) groups is 1. The van der Waals surface area contributed by atoms with Gasteiger partial charge in [0.15, 0.2) is 0 Å². The third kappa shape index (κ3) is 4.76. The molecule has 2 atom stereocenters. The van der Waals surface area contributed by atoms with Gasteiger partial charge in [0, 0.05) is 13.1 Å². The number of aliphatic carboxylic acids is 1. The van der Waals surface area contributed by atoms with Gasteiger partial charge in [-0.2, -0.15) is 13.2 Å². The monoisotopic (exact) mass is 282 g/mol. The molecule has 0 radical (unpaired) electrons. The van der Waals surface area contributed by atoms with Crippen molar-refractivity contribution in [2.75, 3.05) is 25.4 Å². The lowest BCUT2D eigenvalue weighted by atomic mass is 10.2. The zero-order chi connectivity index (χ0) is 13.6. The van der Waals surface area contributed by atoms with E-state index in [1.54, 1.807) is 0 Å². The summed E-state index contributed by atoms with van der Waals surface area (Å²) in [5, 5.41) is 12.2. The molecule has 8 heteroatoms. The molecule has 0 saturated heterocycles. The lowest BCUT2D eigenvalue weighted by Crippen LogP contribution is -2.52. The van der Waals surface area contributed by atoms with Crippen molar-refractivity contribution < 1.29 is 23.1 Å². The molecule has 0 aromatic rings. The van der Waals surface area contributed by atoms with Crippen molar-refractivity contribution in [1.82, 2.24) is 10.6 Å². The van der Waals surface area contributed by atoms with Crippen molar-refractivity contribution in [3.8, 4) is 11.8 Å². The number of alkyl halides is 3. The van der Waals surface area contributed by atoms with Crippen molar-refractivity contribution in [3.05, 3.63) is 0 Å². The number of carboxylic acid groups (broad SMARTS) is 1. The Morgan fingerprint density at radius 2 is 2.06 bits per heavy atom. The fourth-order valence-corrected chi connectivity index (χ4v) is 2.37. The van der Waals surface area contributed by atoms with Gasteiger partial charge in [0.2, 0.25) is 0 Å². The number of hydrogen-bond acceptors (Lipinski definition) is 4. The highest BCUT2D eigenvalue weighted by Crippen LogP contribution is 2.32. The quantitative estimate of drug-likeness (QED) is 0.604. The van der Waals surface area contributed by atoms with Gasteiger partial charge in [0.05, 0.1) is 12.3 Å². The van der Waals surface area contributed by atoms with Crippen LogP contribution in [0.5, 0.6) is 0 Å². The Morgan fingerprint density at radius 3 is 2.67 bits per heavy atom. The number of carbonyl (C=O) groups is 1. The number of rotatable bonds is 1. The lowest BCUT2D eigenvalue weighted by molar-refractivity contribution is -0.155. The normalized spacial score (nSPS) is 26.6. The summed E-state index contributed by atoms with van der Waals surface area (Å²) < 4.78 is 38.4. The van der Waals surface area contributed by atoms with Gasteiger partial charge >= 0.3 is 12.1 Å². The van der Waals surface area contributed by atoms with E-state index < -0.39 is 23.4 Å². The van der Waals surface area contributed by atoms with Crippen molar-refractivity contribution >= 4 is 17.7 Å². The Hall–Kier alpha value is -0.910. The minimum Gasteiger partial charge on any atom is -0.480 e. The number of halogens is 3. The van der Waals surface area contributed by atoms with Gasteiger partial charge in [0.1, 0.15) is 11.3 Å². The van der Waals surface area contributed by atoms with E-state index in [4.69, 9.17) is 5.11 Å². The van der Waals surface area contributed by atoms with Crippen molar-refractivity contribution in [2.24, 2.45) is 0 Å². The molecule has 0 fully saturated rings. The molecule has 0 aliphatic carbocycles. The topological polar surface area (TPSA) is 61.4 Å². The summed E-state index contributed by atoms with van der Waals surface area (Å²) in [6.45, 7) is 0.899. The molecule has 102 valence electrons. The first-order chi connectivity index (χ1) is 8.43. The van der Waals surface area contributed by atoms with Gasteiger partial charge in [-0.3, -0.25) is 4.79 Å². The molecule has 0 bridgehead atoms. The average Bonchev–Trinajstić information content (AvgIpc) is 2.30. The third-order valence-electron chi connectivity index (χ3n) is 2.23. The van der Waals surface area contributed by atoms with E-state index in [9.17, 15) is 18.0 Å².